The first kappa shape index (κ1) is 44.0. The van der Waals surface area contributed by atoms with Crippen LogP contribution in [0.15, 0.2) is 157 Å². The molecule has 1 N–H and O–H groups in total. The Hall–Kier alpha value is -6.90. The molecule has 0 saturated heterocycles. The number of unbranched alkanes of at least 4 members (excludes halogenated alkanes) is 3. The van der Waals surface area contributed by atoms with E-state index in [0.29, 0.717) is 5.69 Å². The SMILES string of the molecule is CCCCC1(C)c2ccccc2-c2ccc(N(c3ccc(-c4ccc(/C=C5\C(=O)N(c6cccnc6)N=C5C(=O)O)s4)cc3)c3ccc4c(c3)C(CCCC)(CCCC)c3ccccc3-4)cc21. The molecule has 10 rings (SSSR count). The number of amides is 1. The fraction of sp³-hybridized carbons (Fsp3) is 0.254. The Labute approximate surface area is 398 Å². The standard InChI is InChI=1S/C59H56N4O3S/c1-5-8-31-58(4)50-19-13-11-17-45(50)47-28-25-41(35-52(47)58)62(42-26-29-48-46-18-12-14-20-51(46)59(32-9-6-2,33-10-7-3)53(48)36-42)40-23-21-39(22-24-40)54-30-27-44(67-54)37-49-55(57(65)66)61-63(56(49)64)43-16-15-34-60-38-43/h11-30,34-38H,5-10,31-33H2,1-4H3,(H,65,66)/b49-37-. The van der Waals surface area contributed by atoms with Gasteiger partial charge in [0.05, 0.1) is 17.5 Å². The minimum Gasteiger partial charge on any atom is -0.476 e. The molecule has 7 aromatic rings. The molecule has 0 radical (unpaired) electrons. The van der Waals surface area contributed by atoms with Gasteiger partial charge in [0.1, 0.15) is 0 Å². The minimum absolute atomic E-state index is 0.0322. The number of hydrogen-bond acceptors (Lipinski definition) is 6. The second-order valence-corrected chi connectivity index (χ2v) is 19.6. The van der Waals surface area contributed by atoms with Gasteiger partial charge in [-0.3, -0.25) is 9.78 Å². The number of aromatic nitrogens is 1. The Morgan fingerprint density at radius 2 is 1.27 bits per heavy atom. The van der Waals surface area contributed by atoms with Crippen LogP contribution in [0.2, 0.25) is 0 Å². The molecule has 1 aliphatic heterocycles. The lowest BCUT2D eigenvalue weighted by Gasteiger charge is -2.34. The lowest BCUT2D eigenvalue weighted by Crippen LogP contribution is -2.26. The van der Waals surface area contributed by atoms with Gasteiger partial charge in [-0.25, -0.2) is 4.79 Å². The molecule has 0 fully saturated rings. The van der Waals surface area contributed by atoms with Crippen molar-refractivity contribution in [1.29, 1.82) is 0 Å². The van der Waals surface area contributed by atoms with Crippen LogP contribution in [-0.2, 0) is 20.4 Å². The summed E-state index contributed by atoms with van der Waals surface area (Å²) in [7, 11) is 0. The van der Waals surface area contributed by atoms with E-state index in [2.05, 4.69) is 152 Å². The van der Waals surface area contributed by atoms with Crippen LogP contribution in [0, 0.1) is 0 Å². The average molecular weight is 901 g/mol. The van der Waals surface area contributed by atoms with Crippen molar-refractivity contribution in [1.82, 2.24) is 4.98 Å². The summed E-state index contributed by atoms with van der Waals surface area (Å²) in [6.45, 7) is 9.35. The zero-order chi connectivity index (χ0) is 46.3. The van der Waals surface area contributed by atoms with Crippen LogP contribution in [-0.4, -0.2) is 27.7 Å². The summed E-state index contributed by atoms with van der Waals surface area (Å²) in [5.41, 5.74) is 15.5. The van der Waals surface area contributed by atoms with E-state index in [4.69, 9.17) is 0 Å². The molecule has 336 valence electrons. The number of thiophene rings is 1. The van der Waals surface area contributed by atoms with Crippen molar-refractivity contribution in [3.63, 3.8) is 0 Å². The molecule has 8 heteroatoms. The summed E-state index contributed by atoms with van der Waals surface area (Å²) >= 11 is 1.51. The number of nitrogens with zero attached hydrogens (tertiary/aromatic N) is 4. The largest absolute Gasteiger partial charge is 0.476 e. The molecule has 0 spiro atoms. The van der Waals surface area contributed by atoms with Crippen molar-refractivity contribution in [2.45, 2.75) is 96.3 Å². The molecular formula is C59H56N4O3S. The molecule has 5 aromatic carbocycles. The van der Waals surface area contributed by atoms with E-state index in [-0.39, 0.29) is 22.1 Å². The van der Waals surface area contributed by atoms with Crippen LogP contribution < -0.4 is 9.91 Å². The van der Waals surface area contributed by atoms with Gasteiger partial charge in [-0.2, -0.15) is 10.1 Å². The highest BCUT2D eigenvalue weighted by Gasteiger charge is 2.43. The first-order valence-corrected chi connectivity index (χ1v) is 24.8. The van der Waals surface area contributed by atoms with Gasteiger partial charge >= 0.3 is 5.97 Å². The number of fused-ring (bicyclic) bond motifs is 6. The molecule has 2 aliphatic carbocycles. The smallest absolute Gasteiger partial charge is 0.357 e. The van der Waals surface area contributed by atoms with Crippen LogP contribution in [0.1, 0.15) is 113 Å². The quantitative estimate of drug-likeness (QED) is 0.0977. The predicted octanol–water partition coefficient (Wildman–Crippen LogP) is 15.3. The zero-order valence-corrected chi connectivity index (χ0v) is 39.6. The van der Waals surface area contributed by atoms with E-state index in [1.165, 1.54) is 74.9 Å². The fourth-order valence-electron chi connectivity index (χ4n) is 11.0. The summed E-state index contributed by atoms with van der Waals surface area (Å²) in [4.78, 5) is 34.1. The second-order valence-electron chi connectivity index (χ2n) is 18.5. The van der Waals surface area contributed by atoms with Crippen molar-refractivity contribution in [2.75, 3.05) is 9.91 Å². The summed E-state index contributed by atoms with van der Waals surface area (Å²) in [6.07, 6.45) is 15.0. The van der Waals surface area contributed by atoms with E-state index < -0.39 is 11.9 Å². The third-order valence-electron chi connectivity index (χ3n) is 14.4. The maximum absolute atomic E-state index is 13.5. The van der Waals surface area contributed by atoms with E-state index in [1.807, 2.05) is 12.1 Å². The lowest BCUT2D eigenvalue weighted by atomic mass is 9.71. The van der Waals surface area contributed by atoms with Gasteiger partial charge in [0.2, 0.25) is 0 Å². The molecule has 3 aliphatic rings. The summed E-state index contributed by atoms with van der Waals surface area (Å²) in [5.74, 6) is -1.77. The number of carboxylic acid groups (broad SMARTS) is 1. The van der Waals surface area contributed by atoms with Gasteiger partial charge in [0, 0.05) is 43.8 Å². The maximum Gasteiger partial charge on any atom is 0.357 e. The van der Waals surface area contributed by atoms with Crippen LogP contribution in [0.3, 0.4) is 0 Å². The third-order valence-corrected chi connectivity index (χ3v) is 15.5. The van der Waals surface area contributed by atoms with Crippen molar-refractivity contribution in [2.24, 2.45) is 5.10 Å². The number of hydrogen-bond donors (Lipinski definition) is 1. The summed E-state index contributed by atoms with van der Waals surface area (Å²) < 4.78 is 0. The van der Waals surface area contributed by atoms with E-state index >= 15 is 0 Å². The predicted molar refractivity (Wildman–Crippen MR) is 276 cm³/mol. The molecule has 7 nitrogen and oxygen atoms in total. The van der Waals surface area contributed by atoms with Crippen LogP contribution in [0.4, 0.5) is 22.7 Å². The molecular weight excluding hydrogens is 845 g/mol. The van der Waals surface area contributed by atoms with Crippen LogP contribution >= 0.6 is 11.3 Å². The normalized spacial score (nSPS) is 17.0. The summed E-state index contributed by atoms with van der Waals surface area (Å²) in [6, 6.07) is 48.6. The number of carbonyl (C=O) groups is 2. The molecule has 1 amide bonds. The van der Waals surface area contributed by atoms with Crippen molar-refractivity contribution >= 4 is 57.8 Å². The lowest BCUT2D eigenvalue weighted by molar-refractivity contribution is -0.129. The number of rotatable bonds is 16. The number of pyridine rings is 1. The van der Waals surface area contributed by atoms with Crippen molar-refractivity contribution in [3.05, 3.63) is 179 Å². The highest BCUT2D eigenvalue weighted by Crippen LogP contribution is 2.57. The Bertz CT molecular complexity index is 3070. The highest BCUT2D eigenvalue weighted by molar-refractivity contribution is 7.16. The molecule has 3 heterocycles. The Morgan fingerprint density at radius 1 is 0.672 bits per heavy atom. The van der Waals surface area contributed by atoms with Gasteiger partial charge in [0.15, 0.2) is 5.71 Å². The number of anilines is 4. The van der Waals surface area contributed by atoms with Crippen LogP contribution in [0.5, 0.6) is 0 Å². The monoisotopic (exact) mass is 900 g/mol. The first-order chi connectivity index (χ1) is 32.7. The second kappa shape index (κ2) is 18.1. The van der Waals surface area contributed by atoms with Gasteiger partial charge < -0.3 is 10.0 Å². The van der Waals surface area contributed by atoms with Gasteiger partial charge in [0.25, 0.3) is 5.91 Å². The molecule has 1 unspecified atom stereocenters. The maximum atomic E-state index is 13.5. The Morgan fingerprint density at radius 3 is 1.93 bits per heavy atom. The molecule has 0 saturated carbocycles. The molecule has 0 bridgehead atoms. The highest BCUT2D eigenvalue weighted by atomic mass is 32.1. The number of benzene rings is 5. The first-order valence-electron chi connectivity index (χ1n) is 24.0. The van der Waals surface area contributed by atoms with Crippen molar-refractivity contribution in [3.8, 4) is 32.7 Å². The summed E-state index contributed by atoms with van der Waals surface area (Å²) in [5, 5.41) is 15.3. The Kier molecular flexibility index (Phi) is 11.9. The van der Waals surface area contributed by atoms with Gasteiger partial charge in [-0.05, 0) is 136 Å². The van der Waals surface area contributed by atoms with E-state index in [0.717, 1.165) is 82.3 Å². The fourth-order valence-corrected chi connectivity index (χ4v) is 12.0. The average Bonchev–Trinajstić information content (AvgIpc) is 4.10. The minimum atomic E-state index is -1.26. The topological polar surface area (TPSA) is 86.1 Å². The number of carbonyl (C=O) groups excluding carboxylic acids is 1. The number of carboxylic acids is 1. The molecule has 67 heavy (non-hydrogen) atoms. The Balaban J connectivity index is 1.06. The van der Waals surface area contributed by atoms with E-state index in [1.54, 1.807) is 24.4 Å². The number of hydrazone groups is 1. The third kappa shape index (κ3) is 7.61. The van der Waals surface area contributed by atoms with Gasteiger partial charge in [-0.1, -0.05) is 139 Å². The zero-order valence-electron chi connectivity index (χ0n) is 38.8. The van der Waals surface area contributed by atoms with Crippen LogP contribution in [0.25, 0.3) is 38.8 Å². The van der Waals surface area contributed by atoms with Crippen molar-refractivity contribution < 1.29 is 14.7 Å². The van der Waals surface area contributed by atoms with Gasteiger partial charge in [-0.15, -0.1) is 11.3 Å². The molecule has 1 atom stereocenters. The molecule has 2 aromatic heterocycles. The van der Waals surface area contributed by atoms with E-state index in [9.17, 15) is 14.7 Å². The number of aliphatic carboxylic acids is 1.